The predicted molar refractivity (Wildman–Crippen MR) is 113 cm³/mol. The molecule has 124 valence electrons. The molecule has 0 aliphatic carbocycles. The van der Waals surface area contributed by atoms with Gasteiger partial charge in [0.25, 0.3) is 0 Å². The van der Waals surface area contributed by atoms with Crippen molar-refractivity contribution in [3.63, 3.8) is 0 Å². The summed E-state index contributed by atoms with van der Waals surface area (Å²) in [5, 5.41) is 0. The average Bonchev–Trinajstić information content (AvgIpc) is 2.65. The van der Waals surface area contributed by atoms with Gasteiger partial charge in [-0.05, 0) is 35.7 Å². The maximum absolute atomic E-state index is 2.98. The highest BCUT2D eigenvalue weighted by Crippen LogP contribution is 2.38. The topological polar surface area (TPSA) is 0 Å². The smallest absolute Gasteiger partial charge is 0.0240 e. The Hall–Kier alpha value is -1.43. The Morgan fingerprint density at radius 1 is 0.625 bits per heavy atom. The van der Waals surface area contributed by atoms with Crippen LogP contribution < -0.4 is 0 Å². The van der Waals surface area contributed by atoms with Crippen LogP contribution in [0.2, 0.25) is 0 Å². The zero-order valence-corrected chi connectivity index (χ0v) is 16.6. The maximum atomic E-state index is 2.98. The SMILES string of the molecule is Br.PCC(CCc1ccccc1)(c1ccccc1)c1ccccc1. The summed E-state index contributed by atoms with van der Waals surface area (Å²) in [5.41, 5.74) is 4.25. The summed E-state index contributed by atoms with van der Waals surface area (Å²) in [7, 11) is 2.98. The molecule has 0 radical (unpaired) electrons. The molecule has 0 saturated carbocycles. The van der Waals surface area contributed by atoms with Gasteiger partial charge in [0.2, 0.25) is 0 Å². The molecule has 24 heavy (non-hydrogen) atoms. The minimum absolute atomic E-state index is 0. The fourth-order valence-electron chi connectivity index (χ4n) is 3.31. The van der Waals surface area contributed by atoms with E-state index in [1.54, 1.807) is 0 Å². The predicted octanol–water partition coefficient (Wildman–Crippen LogP) is 6.06. The van der Waals surface area contributed by atoms with E-state index in [9.17, 15) is 0 Å². The lowest BCUT2D eigenvalue weighted by Crippen LogP contribution is -2.30. The largest absolute Gasteiger partial charge is 0.136 e. The van der Waals surface area contributed by atoms with E-state index in [0.717, 1.165) is 19.0 Å². The first-order chi connectivity index (χ1) is 11.3. The average molecular weight is 399 g/mol. The van der Waals surface area contributed by atoms with Crippen molar-refractivity contribution in [3.05, 3.63) is 108 Å². The Morgan fingerprint density at radius 2 is 1.04 bits per heavy atom. The van der Waals surface area contributed by atoms with E-state index in [1.165, 1.54) is 16.7 Å². The lowest BCUT2D eigenvalue weighted by atomic mass is 9.72. The van der Waals surface area contributed by atoms with Crippen LogP contribution >= 0.6 is 26.2 Å². The Morgan fingerprint density at radius 3 is 1.46 bits per heavy atom. The highest BCUT2D eigenvalue weighted by Gasteiger charge is 2.31. The second kappa shape index (κ2) is 9.16. The third kappa shape index (κ3) is 4.15. The van der Waals surface area contributed by atoms with Gasteiger partial charge in [0.1, 0.15) is 0 Å². The molecule has 3 aromatic carbocycles. The molecule has 0 amide bonds. The minimum Gasteiger partial charge on any atom is -0.136 e. The lowest BCUT2D eigenvalue weighted by Gasteiger charge is -2.34. The van der Waals surface area contributed by atoms with Crippen molar-refractivity contribution in [2.45, 2.75) is 18.3 Å². The van der Waals surface area contributed by atoms with Gasteiger partial charge in [-0.1, -0.05) is 91.0 Å². The van der Waals surface area contributed by atoms with Crippen LogP contribution in [-0.4, -0.2) is 6.16 Å². The summed E-state index contributed by atoms with van der Waals surface area (Å²) in [5.74, 6) is 0. The van der Waals surface area contributed by atoms with Gasteiger partial charge >= 0.3 is 0 Å². The van der Waals surface area contributed by atoms with Crippen LogP contribution in [0.4, 0.5) is 0 Å². The van der Waals surface area contributed by atoms with Gasteiger partial charge in [-0.2, -0.15) is 0 Å². The summed E-state index contributed by atoms with van der Waals surface area (Å²) in [6.07, 6.45) is 3.21. The third-order valence-corrected chi connectivity index (χ3v) is 5.38. The Labute approximate surface area is 158 Å². The molecule has 2 heteroatoms. The molecule has 0 spiro atoms. The van der Waals surface area contributed by atoms with E-state index < -0.39 is 0 Å². The first-order valence-corrected chi connectivity index (χ1v) is 9.02. The molecule has 0 fully saturated rings. The van der Waals surface area contributed by atoms with Crippen molar-refractivity contribution in [2.75, 3.05) is 6.16 Å². The van der Waals surface area contributed by atoms with Gasteiger partial charge < -0.3 is 0 Å². The summed E-state index contributed by atoms with van der Waals surface area (Å²) < 4.78 is 0. The fraction of sp³-hybridized carbons (Fsp3) is 0.182. The first kappa shape index (κ1) is 18.9. The maximum Gasteiger partial charge on any atom is 0.0240 e. The normalized spacial score (nSPS) is 10.9. The number of hydrogen-bond donors (Lipinski definition) is 0. The number of hydrogen-bond acceptors (Lipinski definition) is 0. The van der Waals surface area contributed by atoms with E-state index in [0.29, 0.717) is 0 Å². The highest BCUT2D eigenvalue weighted by atomic mass is 79.9. The molecule has 3 rings (SSSR count). The molecular weight excluding hydrogens is 375 g/mol. The quantitative estimate of drug-likeness (QED) is 0.442. The van der Waals surface area contributed by atoms with Crippen molar-refractivity contribution in [3.8, 4) is 0 Å². The van der Waals surface area contributed by atoms with Gasteiger partial charge in [-0.25, -0.2) is 0 Å². The Bertz CT molecular complexity index is 671. The lowest BCUT2D eigenvalue weighted by molar-refractivity contribution is 0.529. The second-order valence-electron chi connectivity index (χ2n) is 6.00. The molecule has 3 aromatic rings. The van der Waals surface area contributed by atoms with Crippen molar-refractivity contribution in [1.29, 1.82) is 0 Å². The molecule has 0 bridgehead atoms. The zero-order chi connectivity index (χ0) is 16.0. The van der Waals surface area contributed by atoms with Crippen LogP contribution in [0.25, 0.3) is 0 Å². The molecule has 0 aliphatic rings. The molecule has 1 unspecified atom stereocenters. The van der Waals surface area contributed by atoms with Gasteiger partial charge in [0, 0.05) is 5.41 Å². The van der Waals surface area contributed by atoms with Gasteiger partial charge in [-0.15, -0.1) is 26.2 Å². The van der Waals surface area contributed by atoms with Crippen LogP contribution in [0.5, 0.6) is 0 Å². The molecule has 0 nitrogen and oxygen atoms in total. The minimum atomic E-state index is 0. The molecule has 1 atom stereocenters. The monoisotopic (exact) mass is 398 g/mol. The van der Waals surface area contributed by atoms with Gasteiger partial charge in [-0.3, -0.25) is 0 Å². The van der Waals surface area contributed by atoms with Crippen molar-refractivity contribution in [1.82, 2.24) is 0 Å². The fourth-order valence-corrected chi connectivity index (χ4v) is 3.99. The summed E-state index contributed by atoms with van der Waals surface area (Å²) in [6.45, 7) is 0. The van der Waals surface area contributed by atoms with E-state index in [2.05, 4.69) is 100 Å². The molecule has 0 aliphatic heterocycles. The van der Waals surface area contributed by atoms with Crippen molar-refractivity contribution >= 4 is 26.2 Å². The van der Waals surface area contributed by atoms with Crippen molar-refractivity contribution < 1.29 is 0 Å². The van der Waals surface area contributed by atoms with Gasteiger partial charge in [0.15, 0.2) is 0 Å². The van der Waals surface area contributed by atoms with E-state index in [-0.39, 0.29) is 22.4 Å². The van der Waals surface area contributed by atoms with Crippen LogP contribution in [-0.2, 0) is 11.8 Å². The van der Waals surface area contributed by atoms with Crippen LogP contribution in [0.1, 0.15) is 23.1 Å². The number of benzene rings is 3. The van der Waals surface area contributed by atoms with Crippen LogP contribution in [0.15, 0.2) is 91.0 Å². The van der Waals surface area contributed by atoms with Crippen LogP contribution in [0, 0.1) is 0 Å². The van der Waals surface area contributed by atoms with Crippen LogP contribution in [0.3, 0.4) is 0 Å². The molecular formula is C22H24BrP. The van der Waals surface area contributed by atoms with E-state index >= 15 is 0 Å². The number of halogens is 1. The summed E-state index contributed by atoms with van der Waals surface area (Å²) in [6, 6.07) is 32.6. The van der Waals surface area contributed by atoms with E-state index in [4.69, 9.17) is 0 Å². The standard InChI is InChI=1S/C22H23P.BrH/c23-18-22(20-12-6-2-7-13-20,21-14-8-3-9-15-21)17-16-19-10-4-1-5-11-19;/h1-15H,16-18,23H2;1H. The molecule has 0 aromatic heterocycles. The Kier molecular flexibility index (Phi) is 7.21. The molecule has 0 heterocycles. The Balaban J connectivity index is 0.00000208. The van der Waals surface area contributed by atoms with Crippen molar-refractivity contribution in [2.24, 2.45) is 0 Å². The summed E-state index contributed by atoms with van der Waals surface area (Å²) in [4.78, 5) is 0. The molecule has 0 N–H and O–H groups in total. The second-order valence-corrected chi connectivity index (χ2v) is 6.41. The first-order valence-electron chi connectivity index (χ1n) is 8.20. The third-order valence-electron chi connectivity index (χ3n) is 4.68. The zero-order valence-electron chi connectivity index (χ0n) is 13.8. The molecule has 0 saturated heterocycles. The number of aryl methyl sites for hydroxylation is 1. The highest BCUT2D eigenvalue weighted by molar-refractivity contribution is 8.93. The summed E-state index contributed by atoms with van der Waals surface area (Å²) >= 11 is 0. The number of rotatable bonds is 6. The van der Waals surface area contributed by atoms with Gasteiger partial charge in [0.05, 0.1) is 0 Å². The van der Waals surface area contributed by atoms with E-state index in [1.807, 2.05) is 0 Å².